The standard InChI is InChI=1S/C19H23NO5S/c1-3-24-19(21)14-25-17-8-6-16(7-9-17)12-13-20-26(22,23)18-10-4-15(2)5-11-18/h4-11,20H,3,12-14H2,1-2H3. The van der Waals surface area contributed by atoms with Crippen LogP contribution in [0, 0.1) is 6.92 Å². The molecule has 2 aromatic rings. The van der Waals surface area contributed by atoms with Gasteiger partial charge in [-0.15, -0.1) is 0 Å². The summed E-state index contributed by atoms with van der Waals surface area (Å²) < 4.78 is 37.1. The average Bonchev–Trinajstić information content (AvgIpc) is 2.61. The lowest BCUT2D eigenvalue weighted by Gasteiger charge is -2.08. The lowest BCUT2D eigenvalue weighted by atomic mass is 10.1. The SMILES string of the molecule is CCOC(=O)COc1ccc(CCNS(=O)(=O)c2ccc(C)cc2)cc1. The van der Waals surface area contributed by atoms with Gasteiger partial charge in [-0.2, -0.15) is 0 Å². The number of carbonyl (C=O) groups excluding carboxylic acids is 1. The Labute approximate surface area is 154 Å². The maximum absolute atomic E-state index is 12.2. The van der Waals surface area contributed by atoms with Crippen LogP contribution < -0.4 is 9.46 Å². The Hall–Kier alpha value is -2.38. The molecule has 0 aliphatic heterocycles. The van der Waals surface area contributed by atoms with Gasteiger partial charge in [0.1, 0.15) is 5.75 Å². The molecule has 140 valence electrons. The molecule has 0 aliphatic rings. The van der Waals surface area contributed by atoms with Gasteiger partial charge < -0.3 is 9.47 Å². The van der Waals surface area contributed by atoms with Gasteiger partial charge in [0, 0.05) is 6.54 Å². The van der Waals surface area contributed by atoms with Crippen molar-refractivity contribution in [2.24, 2.45) is 0 Å². The summed E-state index contributed by atoms with van der Waals surface area (Å²) in [6.07, 6.45) is 0.545. The van der Waals surface area contributed by atoms with E-state index in [0.29, 0.717) is 25.3 Å². The summed E-state index contributed by atoms with van der Waals surface area (Å²) in [6, 6.07) is 13.9. The Kier molecular flexibility index (Phi) is 7.17. The molecule has 6 nitrogen and oxygen atoms in total. The molecule has 2 aromatic carbocycles. The summed E-state index contributed by atoms with van der Waals surface area (Å²) in [5.74, 6) is 0.143. The zero-order valence-electron chi connectivity index (χ0n) is 14.9. The minimum atomic E-state index is -3.51. The summed E-state index contributed by atoms with van der Waals surface area (Å²) in [5.41, 5.74) is 1.97. The molecule has 0 spiro atoms. The summed E-state index contributed by atoms with van der Waals surface area (Å²) >= 11 is 0. The third kappa shape index (κ3) is 6.16. The third-order valence-corrected chi connectivity index (χ3v) is 5.10. The number of carbonyl (C=O) groups is 1. The zero-order chi connectivity index (χ0) is 19.0. The summed E-state index contributed by atoms with van der Waals surface area (Å²) in [7, 11) is -3.51. The molecule has 0 aromatic heterocycles. The highest BCUT2D eigenvalue weighted by Crippen LogP contribution is 2.13. The van der Waals surface area contributed by atoms with Crippen molar-refractivity contribution in [1.29, 1.82) is 0 Å². The molecule has 0 saturated heterocycles. The van der Waals surface area contributed by atoms with Crippen molar-refractivity contribution in [3.8, 4) is 5.75 Å². The first kappa shape index (κ1) is 19.9. The van der Waals surface area contributed by atoms with Crippen molar-refractivity contribution >= 4 is 16.0 Å². The second-order valence-electron chi connectivity index (χ2n) is 5.70. The van der Waals surface area contributed by atoms with Crippen molar-refractivity contribution in [3.05, 3.63) is 59.7 Å². The number of hydrogen-bond acceptors (Lipinski definition) is 5. The summed E-state index contributed by atoms with van der Waals surface area (Å²) in [4.78, 5) is 11.5. The van der Waals surface area contributed by atoms with Gasteiger partial charge in [0.2, 0.25) is 10.0 Å². The topological polar surface area (TPSA) is 81.7 Å². The molecular weight excluding hydrogens is 354 g/mol. The van der Waals surface area contributed by atoms with E-state index in [-0.39, 0.29) is 11.5 Å². The van der Waals surface area contributed by atoms with E-state index in [1.54, 1.807) is 43.3 Å². The van der Waals surface area contributed by atoms with E-state index >= 15 is 0 Å². The monoisotopic (exact) mass is 377 g/mol. The van der Waals surface area contributed by atoms with Crippen LogP contribution in [-0.2, 0) is 26.0 Å². The van der Waals surface area contributed by atoms with Crippen LogP contribution in [0.3, 0.4) is 0 Å². The molecule has 0 bridgehead atoms. The molecule has 1 N–H and O–H groups in total. The minimum Gasteiger partial charge on any atom is -0.482 e. The largest absolute Gasteiger partial charge is 0.482 e. The number of rotatable bonds is 9. The predicted molar refractivity (Wildman–Crippen MR) is 98.6 cm³/mol. The van der Waals surface area contributed by atoms with E-state index in [1.165, 1.54) is 0 Å². The molecule has 0 saturated carbocycles. The molecule has 7 heteroatoms. The molecule has 26 heavy (non-hydrogen) atoms. The molecule has 0 amide bonds. The highest BCUT2D eigenvalue weighted by molar-refractivity contribution is 7.89. The quantitative estimate of drug-likeness (QED) is 0.679. The molecule has 0 heterocycles. The van der Waals surface area contributed by atoms with Crippen molar-refractivity contribution < 1.29 is 22.7 Å². The van der Waals surface area contributed by atoms with Gasteiger partial charge in [0.25, 0.3) is 0 Å². The highest BCUT2D eigenvalue weighted by Gasteiger charge is 2.12. The molecule has 0 aliphatic carbocycles. The van der Waals surface area contributed by atoms with Crippen LogP contribution in [0.4, 0.5) is 0 Å². The third-order valence-electron chi connectivity index (χ3n) is 3.62. The van der Waals surface area contributed by atoms with Crippen LogP contribution in [0.25, 0.3) is 0 Å². The maximum Gasteiger partial charge on any atom is 0.344 e. The molecular formula is C19H23NO5S. The fourth-order valence-electron chi connectivity index (χ4n) is 2.23. The first-order valence-electron chi connectivity index (χ1n) is 8.34. The number of esters is 1. The fraction of sp³-hybridized carbons (Fsp3) is 0.316. The minimum absolute atomic E-state index is 0.135. The molecule has 0 unspecified atom stereocenters. The second-order valence-corrected chi connectivity index (χ2v) is 7.47. The van der Waals surface area contributed by atoms with Crippen LogP contribution in [0.15, 0.2) is 53.4 Å². The van der Waals surface area contributed by atoms with Gasteiger partial charge in [-0.05, 0) is 50.1 Å². The number of aryl methyl sites for hydroxylation is 1. The second kappa shape index (κ2) is 9.35. The molecule has 0 radical (unpaired) electrons. The van der Waals surface area contributed by atoms with Gasteiger partial charge in [-0.1, -0.05) is 29.8 Å². The highest BCUT2D eigenvalue weighted by atomic mass is 32.2. The van der Waals surface area contributed by atoms with E-state index in [0.717, 1.165) is 11.1 Å². The Morgan fingerprint density at radius 1 is 1.04 bits per heavy atom. The number of hydrogen-bond donors (Lipinski definition) is 1. The van der Waals surface area contributed by atoms with E-state index in [4.69, 9.17) is 9.47 Å². The Morgan fingerprint density at radius 3 is 2.31 bits per heavy atom. The van der Waals surface area contributed by atoms with Gasteiger partial charge in [-0.25, -0.2) is 17.9 Å². The first-order valence-corrected chi connectivity index (χ1v) is 9.82. The first-order chi connectivity index (χ1) is 12.4. The van der Waals surface area contributed by atoms with Crippen LogP contribution in [0.5, 0.6) is 5.75 Å². The van der Waals surface area contributed by atoms with Crippen molar-refractivity contribution in [3.63, 3.8) is 0 Å². The van der Waals surface area contributed by atoms with E-state index in [2.05, 4.69) is 4.72 Å². The van der Waals surface area contributed by atoms with Crippen molar-refractivity contribution in [2.45, 2.75) is 25.2 Å². The van der Waals surface area contributed by atoms with Crippen LogP contribution in [0.1, 0.15) is 18.1 Å². The zero-order valence-corrected chi connectivity index (χ0v) is 15.7. The Balaban J connectivity index is 1.82. The number of ether oxygens (including phenoxy) is 2. The van der Waals surface area contributed by atoms with E-state index in [9.17, 15) is 13.2 Å². The smallest absolute Gasteiger partial charge is 0.344 e. The van der Waals surface area contributed by atoms with E-state index in [1.807, 2.05) is 19.1 Å². The van der Waals surface area contributed by atoms with Crippen molar-refractivity contribution in [2.75, 3.05) is 19.8 Å². The predicted octanol–water partition coefficient (Wildman–Crippen LogP) is 2.46. The maximum atomic E-state index is 12.2. The van der Waals surface area contributed by atoms with Crippen LogP contribution >= 0.6 is 0 Å². The van der Waals surface area contributed by atoms with Crippen molar-refractivity contribution in [1.82, 2.24) is 4.72 Å². The Morgan fingerprint density at radius 2 is 1.69 bits per heavy atom. The van der Waals surface area contributed by atoms with E-state index < -0.39 is 16.0 Å². The fourth-order valence-corrected chi connectivity index (χ4v) is 3.26. The molecule has 2 rings (SSSR count). The lowest BCUT2D eigenvalue weighted by Crippen LogP contribution is -2.26. The normalized spacial score (nSPS) is 11.2. The molecule has 0 atom stereocenters. The number of sulfonamides is 1. The van der Waals surface area contributed by atoms with Gasteiger partial charge in [0.15, 0.2) is 6.61 Å². The summed E-state index contributed by atoms with van der Waals surface area (Å²) in [6.45, 7) is 4.12. The van der Waals surface area contributed by atoms with Crippen LogP contribution in [0.2, 0.25) is 0 Å². The lowest BCUT2D eigenvalue weighted by molar-refractivity contribution is -0.145. The number of benzene rings is 2. The number of nitrogens with one attached hydrogen (secondary N) is 1. The van der Waals surface area contributed by atoms with Gasteiger partial charge in [0.05, 0.1) is 11.5 Å². The van der Waals surface area contributed by atoms with Crippen LogP contribution in [-0.4, -0.2) is 34.1 Å². The van der Waals surface area contributed by atoms with Gasteiger partial charge >= 0.3 is 5.97 Å². The average molecular weight is 377 g/mol. The summed E-state index contributed by atoms with van der Waals surface area (Å²) in [5, 5.41) is 0. The van der Waals surface area contributed by atoms with Gasteiger partial charge in [-0.3, -0.25) is 0 Å². The molecule has 0 fully saturated rings. The Bertz CT molecular complexity index is 814.